The lowest BCUT2D eigenvalue weighted by Gasteiger charge is -1.96. The van der Waals surface area contributed by atoms with E-state index in [0.717, 1.165) is 6.39 Å². The van der Waals surface area contributed by atoms with E-state index in [9.17, 15) is 4.79 Å². The van der Waals surface area contributed by atoms with Crippen molar-refractivity contribution in [3.05, 3.63) is 29.3 Å². The van der Waals surface area contributed by atoms with Crippen molar-refractivity contribution in [2.75, 3.05) is 6.61 Å². The summed E-state index contributed by atoms with van der Waals surface area (Å²) in [7, 11) is 0. The summed E-state index contributed by atoms with van der Waals surface area (Å²) in [6.07, 6.45) is 1.13. The van der Waals surface area contributed by atoms with Gasteiger partial charge in [-0.05, 0) is 6.92 Å². The molecule has 0 amide bonds. The zero-order chi connectivity index (χ0) is 9.68. The van der Waals surface area contributed by atoms with Gasteiger partial charge < -0.3 is 14.0 Å². The minimum Gasteiger partial charge on any atom is -0.461 e. The van der Waals surface area contributed by atoms with Crippen molar-refractivity contribution >= 4 is 5.97 Å². The number of carbonyl (C=O) groups is 1. The van der Waals surface area contributed by atoms with Gasteiger partial charge in [0.25, 0.3) is 6.54 Å². The zero-order valence-electron chi connectivity index (χ0n) is 7.11. The Hall–Kier alpha value is -1.83. The Bertz CT molecular complexity index is 337. The van der Waals surface area contributed by atoms with Crippen LogP contribution in [-0.4, -0.2) is 17.6 Å². The third-order valence-electron chi connectivity index (χ3n) is 1.33. The number of carbonyl (C=O) groups excluding carboxylic acids is 1. The number of rotatable bonds is 3. The Balaban J connectivity index is 2.82. The van der Waals surface area contributed by atoms with Crippen LogP contribution in [0.5, 0.6) is 0 Å². The summed E-state index contributed by atoms with van der Waals surface area (Å²) in [5, 5.41) is 0. The highest BCUT2D eigenvalue weighted by atomic mass is 16.5. The van der Waals surface area contributed by atoms with E-state index < -0.39 is 5.97 Å². The summed E-state index contributed by atoms with van der Waals surface area (Å²) in [4.78, 5) is 17.9. The molecule has 5 nitrogen and oxygen atoms in total. The lowest BCUT2D eigenvalue weighted by atomic mass is 10.3. The molecule has 0 aliphatic rings. The van der Waals surface area contributed by atoms with Crippen molar-refractivity contribution in [1.82, 2.24) is 4.98 Å². The smallest absolute Gasteiger partial charge is 0.360 e. The maximum Gasteiger partial charge on any atom is 0.360 e. The predicted octanol–water partition coefficient (Wildman–Crippen LogP) is 1.27. The van der Waals surface area contributed by atoms with Gasteiger partial charge in [-0.25, -0.2) is 16.4 Å². The van der Waals surface area contributed by atoms with Gasteiger partial charge in [0.1, 0.15) is 0 Å². The minimum atomic E-state index is -0.546. The van der Waals surface area contributed by atoms with Crippen LogP contribution in [0.25, 0.3) is 4.85 Å². The number of aromatic nitrogens is 1. The predicted molar refractivity (Wildman–Crippen MR) is 42.8 cm³/mol. The number of nitrogens with zero attached hydrogens (tertiary/aromatic N) is 2. The van der Waals surface area contributed by atoms with Gasteiger partial charge >= 0.3 is 5.97 Å². The van der Waals surface area contributed by atoms with Crippen LogP contribution >= 0.6 is 0 Å². The molecule has 0 saturated heterocycles. The molecule has 0 aromatic carbocycles. The fourth-order valence-corrected chi connectivity index (χ4v) is 0.820. The quantitative estimate of drug-likeness (QED) is 0.519. The average Bonchev–Trinajstić information content (AvgIpc) is 2.54. The monoisotopic (exact) mass is 180 g/mol. The largest absolute Gasteiger partial charge is 0.461 e. The van der Waals surface area contributed by atoms with Crippen molar-refractivity contribution in [3.8, 4) is 0 Å². The number of esters is 1. The van der Waals surface area contributed by atoms with E-state index in [1.807, 2.05) is 0 Å². The minimum absolute atomic E-state index is 0.00808. The van der Waals surface area contributed by atoms with Gasteiger partial charge in [0, 0.05) is 0 Å². The number of ether oxygens (including phenoxy) is 1. The van der Waals surface area contributed by atoms with E-state index in [0.29, 0.717) is 0 Å². The molecule has 0 atom stereocenters. The van der Waals surface area contributed by atoms with Gasteiger partial charge in [0.15, 0.2) is 12.1 Å². The van der Waals surface area contributed by atoms with Crippen LogP contribution in [0.3, 0.4) is 0 Å². The maximum absolute atomic E-state index is 11.2. The molecular weight excluding hydrogens is 172 g/mol. The topological polar surface area (TPSA) is 56.7 Å². The average molecular weight is 180 g/mol. The Labute approximate surface area is 75.1 Å². The van der Waals surface area contributed by atoms with Crippen LogP contribution in [0.4, 0.5) is 0 Å². The summed E-state index contributed by atoms with van der Waals surface area (Å²) in [6, 6.07) is 0. The Morgan fingerprint density at radius 3 is 3.23 bits per heavy atom. The molecule has 1 heterocycles. The van der Waals surface area contributed by atoms with Gasteiger partial charge in [-0.15, -0.1) is 0 Å². The van der Waals surface area contributed by atoms with Crippen molar-refractivity contribution in [2.24, 2.45) is 0 Å². The van der Waals surface area contributed by atoms with Crippen molar-refractivity contribution < 1.29 is 13.9 Å². The van der Waals surface area contributed by atoms with Gasteiger partial charge in [-0.1, -0.05) is 0 Å². The fraction of sp³-hybridized carbons (Fsp3) is 0.375. The Morgan fingerprint density at radius 2 is 2.62 bits per heavy atom. The van der Waals surface area contributed by atoms with Gasteiger partial charge in [0.2, 0.25) is 5.76 Å². The van der Waals surface area contributed by atoms with Gasteiger partial charge in [-0.2, -0.15) is 0 Å². The van der Waals surface area contributed by atoms with Crippen LogP contribution < -0.4 is 0 Å². The molecular formula is C8H8N2O3. The van der Waals surface area contributed by atoms with Crippen molar-refractivity contribution in [2.45, 2.75) is 13.5 Å². The first-order valence-electron chi connectivity index (χ1n) is 3.72. The summed E-state index contributed by atoms with van der Waals surface area (Å²) < 4.78 is 9.56. The highest BCUT2D eigenvalue weighted by molar-refractivity contribution is 5.88. The normalized spacial score (nSPS) is 9.23. The Morgan fingerprint density at radius 1 is 1.85 bits per heavy atom. The first-order valence-corrected chi connectivity index (χ1v) is 3.72. The van der Waals surface area contributed by atoms with Crippen LogP contribution in [-0.2, 0) is 11.3 Å². The number of hydrogen-bond donors (Lipinski definition) is 0. The van der Waals surface area contributed by atoms with Crippen molar-refractivity contribution in [3.63, 3.8) is 0 Å². The molecule has 0 radical (unpaired) electrons. The zero-order valence-corrected chi connectivity index (χ0v) is 7.11. The van der Waals surface area contributed by atoms with E-state index >= 15 is 0 Å². The molecule has 68 valence electrons. The van der Waals surface area contributed by atoms with E-state index in [4.69, 9.17) is 15.7 Å². The molecule has 0 fully saturated rings. The number of hydrogen-bond acceptors (Lipinski definition) is 4. The van der Waals surface area contributed by atoms with E-state index in [1.54, 1.807) is 6.92 Å². The molecule has 5 heteroatoms. The first-order chi connectivity index (χ1) is 6.29. The molecule has 1 aromatic heterocycles. The van der Waals surface area contributed by atoms with E-state index in [2.05, 4.69) is 9.83 Å². The molecule has 0 spiro atoms. The number of oxazole rings is 1. The molecule has 1 rings (SSSR count). The molecule has 1 aromatic rings. The van der Waals surface area contributed by atoms with E-state index in [1.165, 1.54) is 0 Å². The third-order valence-corrected chi connectivity index (χ3v) is 1.33. The fourth-order valence-electron chi connectivity index (χ4n) is 0.820. The molecule has 0 bridgehead atoms. The summed E-state index contributed by atoms with van der Waals surface area (Å²) in [6.45, 7) is 8.59. The second-order valence-electron chi connectivity index (χ2n) is 2.16. The lowest BCUT2D eigenvalue weighted by Crippen LogP contribution is -2.07. The molecule has 0 aliphatic heterocycles. The second-order valence-corrected chi connectivity index (χ2v) is 2.16. The maximum atomic E-state index is 11.2. The van der Waals surface area contributed by atoms with Gasteiger partial charge in [-0.3, -0.25) is 0 Å². The van der Waals surface area contributed by atoms with Crippen LogP contribution in [0.2, 0.25) is 0 Å². The molecule has 13 heavy (non-hydrogen) atoms. The standard InChI is InChI=1S/C8H8N2O3/c1-3-12-8(11)7-6(4-9-2)13-5-10-7/h5H,3-4H2,1H3. The van der Waals surface area contributed by atoms with E-state index in [-0.39, 0.29) is 24.6 Å². The first kappa shape index (κ1) is 9.26. The van der Waals surface area contributed by atoms with Gasteiger partial charge in [0.05, 0.1) is 6.61 Å². The summed E-state index contributed by atoms with van der Waals surface area (Å²) in [5.41, 5.74) is 0.0952. The Kier molecular flexibility index (Phi) is 3.03. The van der Waals surface area contributed by atoms with Crippen LogP contribution in [0, 0.1) is 6.57 Å². The summed E-state index contributed by atoms with van der Waals surface area (Å²) >= 11 is 0. The van der Waals surface area contributed by atoms with Crippen LogP contribution in [0.1, 0.15) is 23.2 Å². The SMILES string of the molecule is [C-]#[N+]Cc1ocnc1C(=O)OCC. The molecule has 0 aliphatic carbocycles. The molecule has 0 N–H and O–H groups in total. The lowest BCUT2D eigenvalue weighted by molar-refractivity contribution is 0.0518. The highest BCUT2D eigenvalue weighted by Gasteiger charge is 2.19. The third kappa shape index (κ3) is 2.06. The van der Waals surface area contributed by atoms with Crippen molar-refractivity contribution in [1.29, 1.82) is 0 Å². The molecule has 0 unspecified atom stereocenters. The van der Waals surface area contributed by atoms with Crippen LogP contribution in [0.15, 0.2) is 10.8 Å². The molecule has 0 saturated carbocycles. The second kappa shape index (κ2) is 4.26. The summed E-state index contributed by atoms with van der Waals surface area (Å²) in [5.74, 6) is -0.289. The highest BCUT2D eigenvalue weighted by Crippen LogP contribution is 2.09.